The summed E-state index contributed by atoms with van der Waals surface area (Å²) in [4.78, 5) is 6.89. The van der Waals surface area contributed by atoms with E-state index in [9.17, 15) is 0 Å². The molecule has 1 unspecified atom stereocenters. The van der Waals surface area contributed by atoms with Crippen molar-refractivity contribution in [3.05, 3.63) is 28.7 Å². The van der Waals surface area contributed by atoms with E-state index in [0.717, 1.165) is 0 Å². The Balaban J connectivity index is 2.01. The van der Waals surface area contributed by atoms with E-state index in [4.69, 9.17) is 0 Å². The third-order valence-electron chi connectivity index (χ3n) is 4.33. The molecular formula is C17H23N3Se. The van der Waals surface area contributed by atoms with Crippen LogP contribution in [0.1, 0.15) is 38.3 Å². The van der Waals surface area contributed by atoms with Gasteiger partial charge in [-0.3, -0.25) is 0 Å². The molecule has 0 spiro atoms. The number of aliphatic imine (C=N–C) groups is 1. The van der Waals surface area contributed by atoms with Crippen molar-refractivity contribution < 1.29 is 0 Å². The molecule has 1 aliphatic heterocycles. The first-order chi connectivity index (χ1) is 9.88. The van der Waals surface area contributed by atoms with Crippen molar-refractivity contribution in [3.8, 4) is 0 Å². The van der Waals surface area contributed by atoms with Gasteiger partial charge in [0.05, 0.1) is 0 Å². The van der Waals surface area contributed by atoms with E-state index in [1.54, 1.807) is 0 Å². The number of hydrogen-bond donors (Lipinski definition) is 1. The summed E-state index contributed by atoms with van der Waals surface area (Å²) in [5.74, 6) is 0. The van der Waals surface area contributed by atoms with Crippen LogP contribution in [-0.2, 0) is 0 Å². The van der Waals surface area contributed by atoms with E-state index in [1.165, 1.54) is 19.8 Å². The monoisotopic (exact) mass is 349 g/mol. The summed E-state index contributed by atoms with van der Waals surface area (Å²) in [6, 6.07) is 9.12. The molecule has 4 heteroatoms. The van der Waals surface area contributed by atoms with Crippen molar-refractivity contribution in [2.75, 3.05) is 7.05 Å². The molecule has 2 aromatic rings. The van der Waals surface area contributed by atoms with Crippen LogP contribution in [0.15, 0.2) is 29.3 Å². The Morgan fingerprint density at radius 3 is 2.71 bits per heavy atom. The molecule has 1 aliphatic rings. The summed E-state index contributed by atoms with van der Waals surface area (Å²) in [7, 11) is 2.11. The summed E-state index contributed by atoms with van der Waals surface area (Å²) >= 11 is 0.368. The van der Waals surface area contributed by atoms with Crippen molar-refractivity contribution in [2.45, 2.75) is 39.9 Å². The normalized spacial score (nSPS) is 19.9. The molecule has 21 heavy (non-hydrogen) atoms. The van der Waals surface area contributed by atoms with Crippen LogP contribution in [0.3, 0.4) is 0 Å². The van der Waals surface area contributed by atoms with Crippen LogP contribution < -0.4 is 5.32 Å². The van der Waals surface area contributed by atoms with Gasteiger partial charge in [-0.25, -0.2) is 0 Å². The molecule has 1 aromatic heterocycles. The van der Waals surface area contributed by atoms with Gasteiger partial charge in [0.2, 0.25) is 0 Å². The van der Waals surface area contributed by atoms with Crippen LogP contribution in [0.25, 0.3) is 9.65 Å². The van der Waals surface area contributed by atoms with Gasteiger partial charge in [-0.05, 0) is 0 Å². The number of hydrogen-bond acceptors (Lipinski definition) is 3. The maximum absolute atomic E-state index is 4.69. The second-order valence-corrected chi connectivity index (χ2v) is 9.15. The van der Waals surface area contributed by atoms with E-state index in [1.807, 2.05) is 6.34 Å². The molecule has 3 rings (SSSR count). The maximum atomic E-state index is 4.69. The van der Waals surface area contributed by atoms with Crippen LogP contribution in [0.2, 0.25) is 0 Å². The topological polar surface area (TPSA) is 27.6 Å². The number of nitrogens with one attached hydrogen (secondary N) is 1. The molecule has 0 radical (unpaired) electrons. The fraction of sp³-hybridized carbons (Fsp3) is 0.471. The van der Waals surface area contributed by atoms with Crippen molar-refractivity contribution in [1.29, 1.82) is 0 Å². The minimum absolute atomic E-state index is 0.245. The molecule has 0 amide bonds. The molecule has 0 aliphatic carbocycles. The molecule has 0 fully saturated rings. The quantitative estimate of drug-likeness (QED) is 0.841. The van der Waals surface area contributed by atoms with E-state index >= 15 is 0 Å². The van der Waals surface area contributed by atoms with Crippen LogP contribution >= 0.6 is 0 Å². The molecule has 2 atom stereocenters. The Bertz CT molecular complexity index is 681. The fourth-order valence-electron chi connectivity index (χ4n) is 2.45. The van der Waals surface area contributed by atoms with E-state index < -0.39 is 0 Å². The number of fused-ring (bicyclic) bond motifs is 3. The molecule has 0 bridgehead atoms. The first-order valence-corrected chi connectivity index (χ1v) is 9.13. The Kier molecular flexibility index (Phi) is 3.73. The second-order valence-electron chi connectivity index (χ2n) is 6.88. The Hall–Kier alpha value is -1.09. The summed E-state index contributed by atoms with van der Waals surface area (Å²) in [5.41, 5.74) is 1.44. The van der Waals surface area contributed by atoms with Gasteiger partial charge in [-0.15, -0.1) is 0 Å². The molecule has 0 saturated heterocycles. The van der Waals surface area contributed by atoms with Gasteiger partial charge in [-0.2, -0.15) is 0 Å². The van der Waals surface area contributed by atoms with Gasteiger partial charge in [0.15, 0.2) is 0 Å². The Morgan fingerprint density at radius 2 is 2.00 bits per heavy atom. The standard InChI is InChI=1S/C17H23N3Se/c1-11(17(2,3)4)19-16-15-14(18-10-20(16)5)12-8-6-7-9-13(12)21-15/h6-11,16,19H,1-5H3/t11-,16?/m1/s1. The molecule has 0 saturated carbocycles. The number of rotatable bonds is 2. The van der Waals surface area contributed by atoms with Crippen molar-refractivity contribution >= 4 is 36.2 Å². The van der Waals surface area contributed by atoms with E-state index in [0.29, 0.717) is 20.5 Å². The van der Waals surface area contributed by atoms with Crippen LogP contribution in [0.4, 0.5) is 5.69 Å². The van der Waals surface area contributed by atoms with Crippen LogP contribution in [-0.4, -0.2) is 38.8 Å². The third-order valence-corrected chi connectivity index (χ3v) is 6.87. The number of nitrogens with zero attached hydrogens (tertiary/aromatic N) is 2. The van der Waals surface area contributed by atoms with E-state index in [2.05, 4.69) is 74.2 Å². The summed E-state index contributed by atoms with van der Waals surface area (Å²) in [5, 5.41) is 5.13. The average molecular weight is 348 g/mol. The van der Waals surface area contributed by atoms with Crippen molar-refractivity contribution in [2.24, 2.45) is 10.4 Å². The van der Waals surface area contributed by atoms with Gasteiger partial charge >= 0.3 is 132 Å². The Morgan fingerprint density at radius 1 is 1.29 bits per heavy atom. The van der Waals surface area contributed by atoms with Gasteiger partial charge < -0.3 is 0 Å². The fourth-order valence-corrected chi connectivity index (χ4v) is 5.10. The first-order valence-electron chi connectivity index (χ1n) is 7.41. The molecule has 112 valence electrons. The SMILES string of the molecule is C[C@@H](NC1c2[se]c3ccccc3c2N=CN1C)C(C)(C)C. The zero-order chi connectivity index (χ0) is 15.2. The van der Waals surface area contributed by atoms with Crippen molar-refractivity contribution in [3.63, 3.8) is 0 Å². The summed E-state index contributed by atoms with van der Waals surface area (Å²) < 4.78 is 2.92. The minimum atomic E-state index is 0.245. The average Bonchev–Trinajstić information content (AvgIpc) is 2.79. The summed E-state index contributed by atoms with van der Waals surface area (Å²) in [6.45, 7) is 9.12. The van der Waals surface area contributed by atoms with Gasteiger partial charge in [0.25, 0.3) is 0 Å². The second kappa shape index (κ2) is 5.27. The predicted molar refractivity (Wildman–Crippen MR) is 91.6 cm³/mol. The van der Waals surface area contributed by atoms with Gasteiger partial charge in [0, 0.05) is 0 Å². The summed E-state index contributed by atoms with van der Waals surface area (Å²) in [6.07, 6.45) is 2.23. The zero-order valence-corrected chi connectivity index (χ0v) is 15.1. The van der Waals surface area contributed by atoms with Gasteiger partial charge in [-0.1, -0.05) is 0 Å². The molecular weight excluding hydrogens is 325 g/mol. The van der Waals surface area contributed by atoms with Crippen LogP contribution in [0.5, 0.6) is 0 Å². The Labute approximate surface area is 132 Å². The zero-order valence-electron chi connectivity index (χ0n) is 13.3. The molecule has 1 N–H and O–H groups in total. The van der Waals surface area contributed by atoms with Crippen molar-refractivity contribution in [1.82, 2.24) is 10.2 Å². The third kappa shape index (κ3) is 2.68. The molecule has 3 nitrogen and oxygen atoms in total. The first kappa shape index (κ1) is 14.8. The van der Waals surface area contributed by atoms with E-state index in [-0.39, 0.29) is 11.6 Å². The molecule has 2 heterocycles. The number of benzene rings is 1. The van der Waals surface area contributed by atoms with Gasteiger partial charge in [0.1, 0.15) is 0 Å². The predicted octanol–water partition coefficient (Wildman–Crippen LogP) is 3.52. The molecule has 1 aromatic carbocycles. The van der Waals surface area contributed by atoms with Crippen LogP contribution in [0, 0.1) is 5.41 Å².